The Balaban J connectivity index is 2.47. The van der Waals surface area contributed by atoms with Crippen LogP contribution in [-0.4, -0.2) is 25.6 Å². The maximum atomic E-state index is 11.6. The van der Waals surface area contributed by atoms with E-state index in [9.17, 15) is 4.79 Å². The molecule has 0 saturated carbocycles. The first-order valence-corrected chi connectivity index (χ1v) is 6.46. The first-order chi connectivity index (χ1) is 9.11. The minimum Gasteiger partial charge on any atom is -0.493 e. The van der Waals surface area contributed by atoms with Gasteiger partial charge in [0.2, 0.25) is 5.91 Å². The van der Waals surface area contributed by atoms with Crippen LogP contribution >= 0.6 is 0 Å². The lowest BCUT2D eigenvalue weighted by Gasteiger charge is -2.10. The van der Waals surface area contributed by atoms with Gasteiger partial charge in [0, 0.05) is 18.3 Å². The summed E-state index contributed by atoms with van der Waals surface area (Å²) in [6.45, 7) is 9.31. The smallest absolute Gasteiger partial charge is 0.238 e. The molecule has 4 nitrogen and oxygen atoms in total. The van der Waals surface area contributed by atoms with Crippen LogP contribution in [0.5, 0.6) is 5.75 Å². The molecule has 1 aromatic carbocycles. The molecule has 0 saturated heterocycles. The molecule has 0 heterocycles. The van der Waals surface area contributed by atoms with Crippen LogP contribution in [0.15, 0.2) is 36.9 Å². The summed E-state index contributed by atoms with van der Waals surface area (Å²) in [5, 5.41) is 5.76. The quantitative estimate of drug-likeness (QED) is 0.559. The van der Waals surface area contributed by atoms with Crippen molar-refractivity contribution >= 4 is 11.6 Å². The minimum atomic E-state index is -0.0807. The molecule has 0 fully saturated rings. The molecule has 104 valence electrons. The lowest BCUT2D eigenvalue weighted by Crippen LogP contribution is -2.28. The largest absolute Gasteiger partial charge is 0.493 e. The number of carbonyl (C=O) groups excluding carboxylic acids is 1. The van der Waals surface area contributed by atoms with Gasteiger partial charge in [0.05, 0.1) is 13.2 Å². The van der Waals surface area contributed by atoms with E-state index in [1.54, 1.807) is 6.08 Å². The van der Waals surface area contributed by atoms with Crippen LogP contribution in [-0.2, 0) is 4.79 Å². The van der Waals surface area contributed by atoms with Crippen molar-refractivity contribution in [2.45, 2.75) is 13.8 Å². The molecular weight excluding hydrogens is 240 g/mol. The highest BCUT2D eigenvalue weighted by Crippen LogP contribution is 2.17. The summed E-state index contributed by atoms with van der Waals surface area (Å²) >= 11 is 0. The first kappa shape index (κ1) is 15.2. The Kier molecular flexibility index (Phi) is 6.68. The van der Waals surface area contributed by atoms with Gasteiger partial charge in [-0.3, -0.25) is 4.79 Å². The topological polar surface area (TPSA) is 50.4 Å². The van der Waals surface area contributed by atoms with E-state index in [-0.39, 0.29) is 12.5 Å². The third-order valence-corrected chi connectivity index (χ3v) is 2.28. The van der Waals surface area contributed by atoms with Gasteiger partial charge in [0.1, 0.15) is 5.75 Å². The summed E-state index contributed by atoms with van der Waals surface area (Å²) in [5.41, 5.74) is 0.742. The van der Waals surface area contributed by atoms with E-state index in [1.165, 1.54) is 0 Å². The van der Waals surface area contributed by atoms with Gasteiger partial charge in [-0.1, -0.05) is 26.0 Å². The number of ether oxygens (including phenoxy) is 1. The Labute approximate surface area is 114 Å². The van der Waals surface area contributed by atoms with E-state index in [0.29, 0.717) is 19.1 Å². The zero-order valence-electron chi connectivity index (χ0n) is 11.6. The van der Waals surface area contributed by atoms with Crippen LogP contribution in [0.1, 0.15) is 13.8 Å². The van der Waals surface area contributed by atoms with Gasteiger partial charge in [-0.15, -0.1) is 6.58 Å². The second-order valence-electron chi connectivity index (χ2n) is 4.70. The minimum absolute atomic E-state index is 0.0807. The zero-order chi connectivity index (χ0) is 14.1. The SMILES string of the molecule is C=CCNCC(=O)Nc1cccc(OCC(C)C)c1. The van der Waals surface area contributed by atoms with Crippen molar-refractivity contribution in [1.82, 2.24) is 5.32 Å². The molecule has 19 heavy (non-hydrogen) atoms. The highest BCUT2D eigenvalue weighted by Gasteiger charge is 2.03. The van der Waals surface area contributed by atoms with Crippen molar-refractivity contribution in [3.05, 3.63) is 36.9 Å². The molecule has 0 aromatic heterocycles. The molecule has 1 amide bonds. The summed E-state index contributed by atoms with van der Waals surface area (Å²) in [5.74, 6) is 1.16. The van der Waals surface area contributed by atoms with Crippen molar-refractivity contribution < 1.29 is 9.53 Å². The fourth-order valence-electron chi connectivity index (χ4n) is 1.42. The summed E-state index contributed by atoms with van der Waals surface area (Å²) in [6, 6.07) is 7.41. The molecular formula is C15H22N2O2. The number of rotatable bonds is 8. The summed E-state index contributed by atoms with van der Waals surface area (Å²) in [4.78, 5) is 11.6. The van der Waals surface area contributed by atoms with Gasteiger partial charge in [0.25, 0.3) is 0 Å². The second kappa shape index (κ2) is 8.32. The number of amides is 1. The number of hydrogen-bond acceptors (Lipinski definition) is 3. The summed E-state index contributed by atoms with van der Waals surface area (Å²) in [7, 11) is 0. The molecule has 0 unspecified atom stereocenters. The maximum absolute atomic E-state index is 11.6. The number of carbonyl (C=O) groups is 1. The first-order valence-electron chi connectivity index (χ1n) is 6.46. The fourth-order valence-corrected chi connectivity index (χ4v) is 1.42. The molecule has 0 aliphatic rings. The predicted octanol–water partition coefficient (Wildman–Crippen LogP) is 2.44. The zero-order valence-corrected chi connectivity index (χ0v) is 11.6. The van der Waals surface area contributed by atoms with Gasteiger partial charge in [0.15, 0.2) is 0 Å². The van der Waals surface area contributed by atoms with E-state index in [1.807, 2.05) is 24.3 Å². The van der Waals surface area contributed by atoms with E-state index >= 15 is 0 Å². The van der Waals surface area contributed by atoms with Crippen LogP contribution in [0.2, 0.25) is 0 Å². The van der Waals surface area contributed by atoms with E-state index in [4.69, 9.17) is 4.74 Å². The van der Waals surface area contributed by atoms with Crippen molar-refractivity contribution in [3.8, 4) is 5.75 Å². The average Bonchev–Trinajstić information content (AvgIpc) is 2.37. The molecule has 0 spiro atoms. The average molecular weight is 262 g/mol. The maximum Gasteiger partial charge on any atom is 0.238 e. The Morgan fingerprint density at radius 2 is 2.26 bits per heavy atom. The molecule has 0 radical (unpaired) electrons. The molecule has 2 N–H and O–H groups in total. The molecule has 1 rings (SSSR count). The third-order valence-electron chi connectivity index (χ3n) is 2.28. The molecule has 1 aromatic rings. The van der Waals surface area contributed by atoms with Gasteiger partial charge in [-0.25, -0.2) is 0 Å². The van der Waals surface area contributed by atoms with Crippen molar-refractivity contribution in [2.75, 3.05) is 25.0 Å². The van der Waals surface area contributed by atoms with E-state index in [2.05, 4.69) is 31.1 Å². The van der Waals surface area contributed by atoms with E-state index < -0.39 is 0 Å². The standard InChI is InChI=1S/C15H22N2O2/c1-4-8-16-10-15(18)17-13-6-5-7-14(9-13)19-11-12(2)3/h4-7,9,12,16H,1,8,10-11H2,2-3H3,(H,17,18). The lowest BCUT2D eigenvalue weighted by atomic mass is 10.2. The highest BCUT2D eigenvalue weighted by molar-refractivity contribution is 5.92. The van der Waals surface area contributed by atoms with Gasteiger partial charge >= 0.3 is 0 Å². The third kappa shape index (κ3) is 6.62. The molecule has 0 bridgehead atoms. The second-order valence-corrected chi connectivity index (χ2v) is 4.70. The molecule has 0 aliphatic carbocycles. The monoisotopic (exact) mass is 262 g/mol. The van der Waals surface area contributed by atoms with Gasteiger partial charge in [-0.2, -0.15) is 0 Å². The van der Waals surface area contributed by atoms with E-state index in [0.717, 1.165) is 11.4 Å². The Morgan fingerprint density at radius 3 is 2.95 bits per heavy atom. The molecule has 4 heteroatoms. The highest BCUT2D eigenvalue weighted by atomic mass is 16.5. The molecule has 0 aliphatic heterocycles. The Morgan fingerprint density at radius 1 is 1.47 bits per heavy atom. The number of anilines is 1. The van der Waals surface area contributed by atoms with Crippen molar-refractivity contribution in [3.63, 3.8) is 0 Å². The van der Waals surface area contributed by atoms with Crippen molar-refractivity contribution in [1.29, 1.82) is 0 Å². The lowest BCUT2D eigenvalue weighted by molar-refractivity contribution is -0.115. The van der Waals surface area contributed by atoms with Crippen LogP contribution in [0.4, 0.5) is 5.69 Å². The van der Waals surface area contributed by atoms with Crippen LogP contribution in [0, 0.1) is 5.92 Å². The summed E-state index contributed by atoms with van der Waals surface area (Å²) in [6.07, 6.45) is 1.72. The predicted molar refractivity (Wildman–Crippen MR) is 78.5 cm³/mol. The Bertz CT molecular complexity index is 416. The van der Waals surface area contributed by atoms with Crippen LogP contribution < -0.4 is 15.4 Å². The Hall–Kier alpha value is -1.81. The van der Waals surface area contributed by atoms with Crippen LogP contribution in [0.25, 0.3) is 0 Å². The fraction of sp³-hybridized carbons (Fsp3) is 0.400. The molecule has 0 atom stereocenters. The number of benzene rings is 1. The number of nitrogens with one attached hydrogen (secondary N) is 2. The number of hydrogen-bond donors (Lipinski definition) is 2. The van der Waals surface area contributed by atoms with Crippen LogP contribution in [0.3, 0.4) is 0 Å². The normalized spacial score (nSPS) is 10.3. The van der Waals surface area contributed by atoms with Crippen molar-refractivity contribution in [2.24, 2.45) is 5.92 Å². The summed E-state index contributed by atoms with van der Waals surface area (Å²) < 4.78 is 5.61. The van der Waals surface area contributed by atoms with Gasteiger partial charge < -0.3 is 15.4 Å². The van der Waals surface area contributed by atoms with Gasteiger partial charge in [-0.05, 0) is 18.1 Å².